The van der Waals surface area contributed by atoms with Crippen molar-refractivity contribution in [1.82, 2.24) is 0 Å². The molecule has 0 atom stereocenters. The van der Waals surface area contributed by atoms with E-state index in [-0.39, 0.29) is 16.9 Å². The molecule has 2 heteroatoms. The quantitative estimate of drug-likeness (QED) is 0.170. The molecular weight excluding hydrogens is 655 g/mol. The highest BCUT2D eigenvalue weighted by atomic mass is 16.5. The van der Waals surface area contributed by atoms with Crippen molar-refractivity contribution in [1.29, 1.82) is 0 Å². The lowest BCUT2D eigenvalue weighted by Crippen LogP contribution is -2.09. The van der Waals surface area contributed by atoms with Crippen LogP contribution in [0.1, 0.15) is 30.2 Å². The molecule has 0 saturated heterocycles. The fourth-order valence-electron chi connectivity index (χ4n) is 6.39. The van der Waals surface area contributed by atoms with E-state index < -0.39 is 172 Å². The van der Waals surface area contributed by atoms with Crippen molar-refractivity contribution in [3.63, 3.8) is 0 Å². The van der Waals surface area contributed by atoms with Gasteiger partial charge in [-0.05, 0) is 110 Å². The van der Waals surface area contributed by atoms with Crippen molar-refractivity contribution in [2.75, 3.05) is 4.90 Å². The molecule has 254 valence electrons. The Balaban J connectivity index is 1.25. The zero-order valence-corrected chi connectivity index (χ0v) is 27.9. The third-order valence-corrected chi connectivity index (χ3v) is 8.87. The predicted octanol–water partition coefficient (Wildman–Crippen LogP) is 14.8. The van der Waals surface area contributed by atoms with Gasteiger partial charge in [0.2, 0.25) is 0 Å². The molecule has 0 amide bonds. The third kappa shape index (κ3) is 5.71. The summed E-state index contributed by atoms with van der Waals surface area (Å²) in [5, 5.41) is 1.87. The lowest BCUT2D eigenvalue weighted by molar-refractivity contribution is 0.488. The standard InChI is InChI=1S/C52H35NO/c1-3-11-36(12-4-1)38-19-27-43(28-20-38)53(44-29-21-39(22-30-44)37-13-5-2-6-14-37)45-31-23-40(24-32-45)42-25-33-48-47-17-9-10-18-49(47)52-46-16-8-7-15-41(46)26-34-50(52)54-51(48)35-42/h1-35H/i1D,2D,3D,4D,5D,6D,11D,12D,13D,14D,19D,20D,21D,22D,23D,24D,27D,28D,29D,30D,31D,32D. The van der Waals surface area contributed by atoms with Crippen molar-refractivity contribution in [2.24, 2.45) is 0 Å². The molecule has 0 N–H and O–H groups in total. The SMILES string of the molecule is [2H]c1c([2H])c([2H])c(-c2c([2H])c([2H])c(N(c3c([2H])c([2H])c(-c4ccc5c(c4)Oc4ccc6ccccc6c4-c4ccccc4-5)c([2H])c3[2H])c3c([2H])c([2H])c(-c4c([2H])c([2H])c([2H])c([2H])c4[2H])c([2H])c3[2H])c([2H])c2[2H])c([2H])c1[2H]. The van der Waals surface area contributed by atoms with Crippen LogP contribution in [0.4, 0.5) is 17.1 Å². The summed E-state index contributed by atoms with van der Waals surface area (Å²) in [7, 11) is 0. The second kappa shape index (κ2) is 13.4. The van der Waals surface area contributed by atoms with E-state index >= 15 is 0 Å². The molecule has 0 fully saturated rings. The molecule has 9 aromatic rings. The van der Waals surface area contributed by atoms with Gasteiger partial charge in [0.25, 0.3) is 0 Å². The van der Waals surface area contributed by atoms with Crippen LogP contribution < -0.4 is 9.64 Å². The molecule has 0 bridgehead atoms. The maximum atomic E-state index is 9.63. The van der Waals surface area contributed by atoms with Crippen LogP contribution in [0.25, 0.3) is 66.4 Å². The highest BCUT2D eigenvalue weighted by Gasteiger charge is 2.23. The third-order valence-electron chi connectivity index (χ3n) is 8.87. The molecule has 0 aliphatic carbocycles. The van der Waals surface area contributed by atoms with Crippen LogP contribution in [0, 0.1) is 0 Å². The van der Waals surface area contributed by atoms with Gasteiger partial charge in [-0.2, -0.15) is 0 Å². The van der Waals surface area contributed by atoms with Crippen LogP contribution in [0.5, 0.6) is 11.5 Å². The van der Waals surface area contributed by atoms with Crippen LogP contribution in [0.15, 0.2) is 212 Å². The first-order chi connectivity index (χ1) is 35.9. The van der Waals surface area contributed by atoms with Gasteiger partial charge in [0.1, 0.15) is 11.5 Å². The van der Waals surface area contributed by atoms with Crippen molar-refractivity contribution >= 4 is 27.8 Å². The first kappa shape index (κ1) is 16.2. The van der Waals surface area contributed by atoms with E-state index in [1.165, 1.54) is 0 Å². The number of ether oxygens (including phenoxy) is 1. The maximum Gasteiger partial charge on any atom is 0.135 e. The van der Waals surface area contributed by atoms with E-state index in [2.05, 4.69) is 0 Å². The van der Waals surface area contributed by atoms with Gasteiger partial charge in [0.15, 0.2) is 0 Å². The van der Waals surface area contributed by atoms with Gasteiger partial charge < -0.3 is 9.64 Å². The highest BCUT2D eigenvalue weighted by Crippen LogP contribution is 2.50. The molecular formula is C52H35NO. The van der Waals surface area contributed by atoms with Crippen LogP contribution in [0.2, 0.25) is 0 Å². The topological polar surface area (TPSA) is 12.5 Å². The Morgan fingerprint density at radius 3 is 1.46 bits per heavy atom. The van der Waals surface area contributed by atoms with E-state index in [1.54, 1.807) is 18.2 Å². The summed E-state index contributed by atoms with van der Waals surface area (Å²) >= 11 is 0. The molecule has 10 rings (SSSR count). The maximum absolute atomic E-state index is 9.63. The van der Waals surface area contributed by atoms with Gasteiger partial charge in [-0.15, -0.1) is 0 Å². The van der Waals surface area contributed by atoms with E-state index in [0.717, 1.165) is 27.5 Å². The Labute approximate surface area is 346 Å². The second-order valence-corrected chi connectivity index (χ2v) is 12.0. The fourth-order valence-corrected chi connectivity index (χ4v) is 6.39. The molecule has 0 spiro atoms. The van der Waals surface area contributed by atoms with E-state index in [1.807, 2.05) is 60.7 Å². The fraction of sp³-hybridized carbons (Fsp3) is 0. The van der Waals surface area contributed by atoms with E-state index in [0.29, 0.717) is 16.2 Å². The Bertz CT molecular complexity index is 3800. The average Bonchev–Trinajstić information content (AvgIpc) is 3.72. The number of hydrogen-bond donors (Lipinski definition) is 0. The molecule has 1 aliphatic heterocycles. The van der Waals surface area contributed by atoms with Gasteiger partial charge in [0, 0.05) is 28.2 Å². The van der Waals surface area contributed by atoms with E-state index in [4.69, 9.17) is 18.4 Å². The van der Waals surface area contributed by atoms with Crippen molar-refractivity contribution in [3.05, 3.63) is 212 Å². The minimum absolute atomic E-state index is 0.120. The first-order valence-corrected chi connectivity index (χ1v) is 16.6. The summed E-state index contributed by atoms with van der Waals surface area (Å²) < 4.78 is 203. The summed E-state index contributed by atoms with van der Waals surface area (Å²) in [6.07, 6.45) is 0. The smallest absolute Gasteiger partial charge is 0.135 e. The Hall–Kier alpha value is -7.16. The lowest BCUT2D eigenvalue weighted by Gasteiger charge is -2.26. The van der Waals surface area contributed by atoms with Crippen LogP contribution in [-0.4, -0.2) is 0 Å². The molecule has 1 aliphatic rings. The van der Waals surface area contributed by atoms with Gasteiger partial charge in [-0.25, -0.2) is 0 Å². The van der Waals surface area contributed by atoms with Gasteiger partial charge in [-0.1, -0.05) is 157 Å². The number of benzene rings is 9. The number of rotatable bonds is 6. The van der Waals surface area contributed by atoms with Gasteiger partial charge >= 0.3 is 0 Å². The van der Waals surface area contributed by atoms with Crippen molar-refractivity contribution in [2.45, 2.75) is 0 Å². The van der Waals surface area contributed by atoms with Crippen LogP contribution in [-0.2, 0) is 0 Å². The number of anilines is 3. The Morgan fingerprint density at radius 1 is 0.370 bits per heavy atom. The minimum Gasteiger partial charge on any atom is -0.456 e. The average molecular weight is 712 g/mol. The lowest BCUT2D eigenvalue weighted by atomic mass is 9.91. The minimum atomic E-state index is -1.12. The first-order valence-electron chi connectivity index (χ1n) is 27.6. The molecule has 1 heterocycles. The molecule has 9 aromatic carbocycles. The number of hydrogen-bond acceptors (Lipinski definition) is 2. The summed E-state index contributed by atoms with van der Waals surface area (Å²) in [5.74, 6) is 0.773. The summed E-state index contributed by atoms with van der Waals surface area (Å²) in [6, 6.07) is 3.15. The van der Waals surface area contributed by atoms with E-state index in [9.17, 15) is 16.4 Å². The van der Waals surface area contributed by atoms with Crippen molar-refractivity contribution in [3.8, 4) is 67.1 Å². The van der Waals surface area contributed by atoms with Crippen LogP contribution >= 0.6 is 0 Å². The zero-order valence-electron chi connectivity index (χ0n) is 49.9. The number of nitrogens with zero attached hydrogens (tertiary/aromatic N) is 1. The Kier molecular flexibility index (Phi) is 4.04. The molecule has 54 heavy (non-hydrogen) atoms. The van der Waals surface area contributed by atoms with Crippen LogP contribution in [0.3, 0.4) is 0 Å². The highest BCUT2D eigenvalue weighted by molar-refractivity contribution is 6.05. The molecule has 0 radical (unpaired) electrons. The second-order valence-electron chi connectivity index (χ2n) is 12.0. The predicted molar refractivity (Wildman–Crippen MR) is 226 cm³/mol. The Morgan fingerprint density at radius 2 is 0.870 bits per heavy atom. The zero-order chi connectivity index (χ0) is 55.0. The molecule has 0 aromatic heterocycles. The summed E-state index contributed by atoms with van der Waals surface area (Å²) in [4.78, 5) is 0.488. The molecule has 0 unspecified atom stereocenters. The largest absolute Gasteiger partial charge is 0.456 e. The molecule has 0 saturated carbocycles. The number of fused-ring (bicyclic) bond motifs is 7. The summed E-state index contributed by atoms with van der Waals surface area (Å²) in [5.41, 5.74) is -3.00. The molecule has 2 nitrogen and oxygen atoms in total. The summed E-state index contributed by atoms with van der Waals surface area (Å²) in [6.45, 7) is 0. The van der Waals surface area contributed by atoms with Gasteiger partial charge in [0.05, 0.1) is 30.2 Å². The van der Waals surface area contributed by atoms with Gasteiger partial charge in [-0.3, -0.25) is 0 Å². The normalized spacial score (nSPS) is 17.2. The monoisotopic (exact) mass is 711 g/mol. The van der Waals surface area contributed by atoms with Crippen molar-refractivity contribution < 1.29 is 34.9 Å².